The Labute approximate surface area is 153 Å². The fourth-order valence-corrected chi connectivity index (χ4v) is 2.47. The van der Waals surface area contributed by atoms with Crippen LogP contribution in [-0.2, 0) is 9.59 Å². The molecule has 1 amide bonds. The molecule has 1 atom stereocenters. The largest absolute Gasteiger partial charge is 0.480 e. The molecule has 4 heteroatoms. The highest BCUT2D eigenvalue weighted by atomic mass is 16.4. The van der Waals surface area contributed by atoms with Crippen LogP contribution < -0.4 is 5.32 Å². The van der Waals surface area contributed by atoms with Gasteiger partial charge in [0.2, 0.25) is 5.91 Å². The summed E-state index contributed by atoms with van der Waals surface area (Å²) >= 11 is 0. The van der Waals surface area contributed by atoms with Crippen LogP contribution in [0.4, 0.5) is 0 Å². The number of rotatable bonds is 16. The van der Waals surface area contributed by atoms with E-state index in [4.69, 9.17) is 5.11 Å². The van der Waals surface area contributed by atoms with Crippen LogP contribution in [0, 0.1) is 0 Å². The van der Waals surface area contributed by atoms with E-state index in [9.17, 15) is 9.59 Å². The lowest BCUT2D eigenvalue weighted by atomic mass is 10.1. The molecule has 0 heterocycles. The number of hydrogen-bond donors (Lipinski definition) is 2. The van der Waals surface area contributed by atoms with Crippen molar-refractivity contribution in [2.45, 2.75) is 96.9 Å². The molecule has 0 rings (SSSR count). The van der Waals surface area contributed by atoms with E-state index in [1.54, 1.807) is 0 Å². The van der Waals surface area contributed by atoms with Crippen molar-refractivity contribution in [3.05, 3.63) is 24.3 Å². The highest BCUT2D eigenvalue weighted by Gasteiger charge is 2.12. The van der Waals surface area contributed by atoms with Crippen molar-refractivity contribution in [1.29, 1.82) is 0 Å². The van der Waals surface area contributed by atoms with Crippen molar-refractivity contribution in [3.8, 4) is 0 Å². The summed E-state index contributed by atoms with van der Waals surface area (Å²) in [5, 5.41) is 11.2. The molecule has 0 radical (unpaired) electrons. The number of amides is 1. The van der Waals surface area contributed by atoms with Crippen LogP contribution in [0.1, 0.15) is 90.9 Å². The lowest BCUT2D eigenvalue weighted by molar-refractivity contribution is -0.141. The van der Waals surface area contributed by atoms with Crippen molar-refractivity contribution < 1.29 is 14.7 Å². The summed E-state index contributed by atoms with van der Waals surface area (Å²) < 4.78 is 0. The van der Waals surface area contributed by atoms with Gasteiger partial charge >= 0.3 is 5.97 Å². The predicted molar refractivity (Wildman–Crippen MR) is 105 cm³/mol. The van der Waals surface area contributed by atoms with E-state index in [0.29, 0.717) is 6.42 Å². The third-order valence-electron chi connectivity index (χ3n) is 4.10. The van der Waals surface area contributed by atoms with Gasteiger partial charge in [0.1, 0.15) is 6.04 Å². The zero-order chi connectivity index (χ0) is 18.8. The Hall–Kier alpha value is -1.58. The third kappa shape index (κ3) is 17.0. The second-order valence-corrected chi connectivity index (χ2v) is 6.61. The number of carboxylic acid groups (broad SMARTS) is 1. The maximum atomic E-state index is 11.5. The Bertz CT molecular complexity index is 402. The van der Waals surface area contributed by atoms with Crippen molar-refractivity contribution >= 4 is 11.9 Å². The highest BCUT2D eigenvalue weighted by Crippen LogP contribution is 2.08. The predicted octanol–water partition coefficient (Wildman–Crippen LogP) is 5.39. The summed E-state index contributed by atoms with van der Waals surface area (Å²) in [6, 6.07) is -0.800. The van der Waals surface area contributed by atoms with Crippen LogP contribution in [0.15, 0.2) is 24.3 Å². The maximum Gasteiger partial charge on any atom is 0.325 e. The van der Waals surface area contributed by atoms with Gasteiger partial charge < -0.3 is 10.4 Å². The molecule has 0 unspecified atom stereocenters. The van der Waals surface area contributed by atoms with E-state index in [0.717, 1.165) is 32.1 Å². The monoisotopic (exact) mass is 351 g/mol. The first kappa shape index (κ1) is 23.4. The normalized spacial score (nSPS) is 12.7. The van der Waals surface area contributed by atoms with Gasteiger partial charge in [-0.05, 0) is 45.4 Å². The van der Waals surface area contributed by atoms with Gasteiger partial charge in [0.25, 0.3) is 0 Å². The summed E-state index contributed by atoms with van der Waals surface area (Å²) in [5.41, 5.74) is 0. The minimum Gasteiger partial charge on any atom is -0.480 e. The lowest BCUT2D eigenvalue weighted by Crippen LogP contribution is -2.38. The van der Waals surface area contributed by atoms with Gasteiger partial charge in [-0.1, -0.05) is 63.3 Å². The van der Waals surface area contributed by atoms with Crippen molar-refractivity contribution in [3.63, 3.8) is 0 Å². The SMILES string of the molecule is CCCCC/C=C\C/C=C\CCCCCCCC(=O)N[C@@H](C)C(=O)O. The molecule has 0 aliphatic rings. The molecule has 0 aliphatic heterocycles. The third-order valence-corrected chi connectivity index (χ3v) is 4.10. The van der Waals surface area contributed by atoms with Gasteiger partial charge in [-0.15, -0.1) is 0 Å². The highest BCUT2D eigenvalue weighted by molar-refractivity contribution is 5.83. The second kappa shape index (κ2) is 17.2. The van der Waals surface area contributed by atoms with Crippen LogP contribution in [0.25, 0.3) is 0 Å². The van der Waals surface area contributed by atoms with Gasteiger partial charge in [0, 0.05) is 6.42 Å². The van der Waals surface area contributed by atoms with Crippen LogP contribution in [0.3, 0.4) is 0 Å². The molecular weight excluding hydrogens is 314 g/mol. The zero-order valence-electron chi connectivity index (χ0n) is 16.1. The van der Waals surface area contributed by atoms with Crippen LogP contribution in [-0.4, -0.2) is 23.0 Å². The standard InChI is InChI=1S/C21H37NO3/c1-3-4-5-6-7-8-9-10-11-12-13-14-15-16-17-18-20(23)22-19(2)21(24)25/h7-8,10-11,19H,3-6,9,12-18H2,1-2H3,(H,22,23)(H,24,25)/b8-7-,11-10-/t19-/m0/s1. The Balaban J connectivity index is 3.37. The van der Waals surface area contributed by atoms with E-state index in [-0.39, 0.29) is 5.91 Å². The smallest absolute Gasteiger partial charge is 0.325 e. The molecule has 0 bridgehead atoms. The molecule has 0 spiro atoms. The van der Waals surface area contributed by atoms with Gasteiger partial charge in [-0.3, -0.25) is 9.59 Å². The molecule has 0 aromatic carbocycles. The molecule has 25 heavy (non-hydrogen) atoms. The Kier molecular flexibility index (Phi) is 16.2. The topological polar surface area (TPSA) is 66.4 Å². The molecule has 0 aliphatic carbocycles. The number of carboxylic acids is 1. The fraction of sp³-hybridized carbons (Fsp3) is 0.714. The molecule has 144 valence electrons. The average molecular weight is 352 g/mol. The maximum absolute atomic E-state index is 11.5. The van der Waals surface area contributed by atoms with Crippen molar-refractivity contribution in [1.82, 2.24) is 5.32 Å². The molecule has 0 fully saturated rings. The summed E-state index contributed by atoms with van der Waals surface area (Å²) in [5.74, 6) is -1.16. The molecule has 2 N–H and O–H groups in total. The molecular formula is C21H37NO3. The lowest BCUT2D eigenvalue weighted by Gasteiger charge is -2.08. The molecule has 4 nitrogen and oxygen atoms in total. The van der Waals surface area contributed by atoms with Crippen LogP contribution >= 0.6 is 0 Å². The summed E-state index contributed by atoms with van der Waals surface area (Å²) in [6.07, 6.45) is 22.1. The molecule has 0 aromatic heterocycles. The summed E-state index contributed by atoms with van der Waals surface area (Å²) in [4.78, 5) is 22.1. The van der Waals surface area contributed by atoms with Gasteiger partial charge in [0.15, 0.2) is 0 Å². The summed E-state index contributed by atoms with van der Waals surface area (Å²) in [7, 11) is 0. The first-order chi connectivity index (χ1) is 12.1. The van der Waals surface area contributed by atoms with E-state index in [1.165, 1.54) is 45.4 Å². The van der Waals surface area contributed by atoms with E-state index < -0.39 is 12.0 Å². The number of unbranched alkanes of at least 4 members (excludes halogenated alkanes) is 8. The minimum atomic E-state index is -0.992. The van der Waals surface area contributed by atoms with Gasteiger partial charge in [-0.2, -0.15) is 0 Å². The van der Waals surface area contributed by atoms with E-state index in [2.05, 4.69) is 36.5 Å². The van der Waals surface area contributed by atoms with Crippen LogP contribution in [0.2, 0.25) is 0 Å². The zero-order valence-corrected chi connectivity index (χ0v) is 16.1. The Morgan fingerprint density at radius 3 is 2.04 bits per heavy atom. The second-order valence-electron chi connectivity index (χ2n) is 6.61. The van der Waals surface area contributed by atoms with Crippen molar-refractivity contribution in [2.24, 2.45) is 0 Å². The quantitative estimate of drug-likeness (QED) is 0.289. The minimum absolute atomic E-state index is 0.166. The Morgan fingerprint density at radius 2 is 1.44 bits per heavy atom. The van der Waals surface area contributed by atoms with Crippen LogP contribution in [0.5, 0.6) is 0 Å². The number of allylic oxidation sites excluding steroid dienone is 4. The molecule has 0 saturated carbocycles. The average Bonchev–Trinajstić information content (AvgIpc) is 2.58. The fourth-order valence-electron chi connectivity index (χ4n) is 2.47. The number of aliphatic carboxylic acids is 1. The number of nitrogens with one attached hydrogen (secondary N) is 1. The van der Waals surface area contributed by atoms with E-state index in [1.807, 2.05) is 0 Å². The number of carbonyl (C=O) groups is 2. The van der Waals surface area contributed by atoms with Gasteiger partial charge in [-0.25, -0.2) is 0 Å². The number of carbonyl (C=O) groups excluding carboxylic acids is 1. The van der Waals surface area contributed by atoms with E-state index >= 15 is 0 Å². The first-order valence-electron chi connectivity index (χ1n) is 9.90. The number of hydrogen-bond acceptors (Lipinski definition) is 2. The van der Waals surface area contributed by atoms with Crippen molar-refractivity contribution in [2.75, 3.05) is 0 Å². The summed E-state index contributed by atoms with van der Waals surface area (Å²) in [6.45, 7) is 3.71. The first-order valence-corrected chi connectivity index (χ1v) is 9.90. The molecule has 0 saturated heterocycles. The van der Waals surface area contributed by atoms with Gasteiger partial charge in [0.05, 0.1) is 0 Å². The Morgan fingerprint density at radius 1 is 0.880 bits per heavy atom. The molecule has 0 aromatic rings.